The van der Waals surface area contributed by atoms with Gasteiger partial charge < -0.3 is 9.15 Å². The van der Waals surface area contributed by atoms with Crippen LogP contribution < -0.4 is 4.74 Å². The van der Waals surface area contributed by atoms with Crippen molar-refractivity contribution in [3.05, 3.63) is 17.7 Å². The summed E-state index contributed by atoms with van der Waals surface area (Å²) in [5, 5.41) is 0.676. The van der Waals surface area contributed by atoms with E-state index in [0.29, 0.717) is 29.3 Å². The van der Waals surface area contributed by atoms with Crippen molar-refractivity contribution in [1.29, 1.82) is 0 Å². The number of ether oxygens (including phenoxy) is 1. The fourth-order valence-electron chi connectivity index (χ4n) is 1.62. The molecule has 0 spiro atoms. The number of carbonyl (C=O) groups excluding carboxylic acids is 1. The molecule has 0 saturated heterocycles. The molecule has 5 nitrogen and oxygen atoms in total. The van der Waals surface area contributed by atoms with Crippen molar-refractivity contribution in [1.82, 2.24) is 9.97 Å². The van der Waals surface area contributed by atoms with E-state index >= 15 is 0 Å². The van der Waals surface area contributed by atoms with Crippen LogP contribution in [0.15, 0.2) is 10.7 Å². The minimum absolute atomic E-state index is 0.127. The maximum atomic E-state index is 11.3. The van der Waals surface area contributed by atoms with Gasteiger partial charge in [0.25, 0.3) is 0 Å². The van der Waals surface area contributed by atoms with Crippen LogP contribution in [0.4, 0.5) is 0 Å². The van der Waals surface area contributed by atoms with Crippen LogP contribution in [0, 0.1) is 6.92 Å². The van der Waals surface area contributed by atoms with Crippen LogP contribution in [0.2, 0.25) is 0 Å². The highest BCUT2D eigenvalue weighted by molar-refractivity contribution is 5.99. The average Bonchev–Trinajstić information content (AvgIpc) is 2.58. The molecule has 84 valence electrons. The lowest BCUT2D eigenvalue weighted by Gasteiger charge is -2.01. The van der Waals surface area contributed by atoms with Gasteiger partial charge in [-0.25, -0.2) is 9.97 Å². The van der Waals surface area contributed by atoms with Gasteiger partial charge >= 0.3 is 0 Å². The molecule has 0 aliphatic heterocycles. The molecular weight excluding hydrogens is 208 g/mol. The van der Waals surface area contributed by atoms with E-state index < -0.39 is 0 Å². The molecule has 0 amide bonds. The summed E-state index contributed by atoms with van der Waals surface area (Å²) in [6, 6.07) is 0. The summed E-state index contributed by atoms with van der Waals surface area (Å²) >= 11 is 0. The van der Waals surface area contributed by atoms with E-state index in [-0.39, 0.29) is 5.78 Å². The third-order valence-corrected chi connectivity index (χ3v) is 2.29. The molecule has 2 aromatic heterocycles. The van der Waals surface area contributed by atoms with E-state index in [9.17, 15) is 4.79 Å². The Morgan fingerprint density at radius 2 is 2.25 bits per heavy atom. The van der Waals surface area contributed by atoms with Crippen LogP contribution in [0.3, 0.4) is 0 Å². The topological polar surface area (TPSA) is 65.2 Å². The van der Waals surface area contributed by atoms with Gasteiger partial charge in [-0.2, -0.15) is 0 Å². The molecule has 0 unspecified atom stereocenters. The Balaban J connectivity index is 2.71. The zero-order valence-electron chi connectivity index (χ0n) is 9.40. The third kappa shape index (κ3) is 1.54. The first-order valence-corrected chi connectivity index (χ1v) is 5.03. The monoisotopic (exact) mass is 220 g/mol. The van der Waals surface area contributed by atoms with Crippen LogP contribution in [-0.2, 0) is 0 Å². The first-order chi connectivity index (χ1) is 7.65. The molecule has 0 aliphatic rings. The number of hydrogen-bond donors (Lipinski definition) is 0. The second kappa shape index (κ2) is 3.92. The maximum Gasteiger partial charge on any atom is 0.234 e. The van der Waals surface area contributed by atoms with E-state index in [1.807, 2.05) is 6.92 Å². The zero-order chi connectivity index (χ0) is 11.7. The Labute approximate surface area is 92.4 Å². The fraction of sp³-hybridized carbons (Fsp3) is 0.364. The number of carbonyl (C=O) groups is 1. The molecule has 0 bridgehead atoms. The van der Waals surface area contributed by atoms with E-state index in [4.69, 9.17) is 9.15 Å². The number of aromatic nitrogens is 2. The van der Waals surface area contributed by atoms with Crippen molar-refractivity contribution in [2.24, 2.45) is 0 Å². The van der Waals surface area contributed by atoms with E-state index in [0.717, 1.165) is 5.56 Å². The smallest absolute Gasteiger partial charge is 0.234 e. The largest absolute Gasteiger partial charge is 0.477 e. The predicted molar refractivity (Wildman–Crippen MR) is 57.7 cm³/mol. The Kier molecular flexibility index (Phi) is 2.60. The molecule has 2 rings (SSSR count). The molecule has 0 radical (unpaired) electrons. The highest BCUT2D eigenvalue weighted by Gasteiger charge is 2.19. The van der Waals surface area contributed by atoms with Gasteiger partial charge in [0, 0.05) is 12.5 Å². The molecule has 0 saturated carbocycles. The summed E-state index contributed by atoms with van der Waals surface area (Å²) < 4.78 is 10.7. The number of furan rings is 1. The summed E-state index contributed by atoms with van der Waals surface area (Å²) in [6.07, 6.45) is 1.36. The van der Waals surface area contributed by atoms with Gasteiger partial charge in [0.2, 0.25) is 11.6 Å². The number of Topliss-reactive ketones (excluding diaryl/α,β-unsaturated/α-hetero) is 1. The maximum absolute atomic E-state index is 11.3. The lowest BCUT2D eigenvalue weighted by Crippen LogP contribution is -1.96. The van der Waals surface area contributed by atoms with Crippen molar-refractivity contribution >= 4 is 16.9 Å². The van der Waals surface area contributed by atoms with Crippen LogP contribution >= 0.6 is 0 Å². The molecule has 0 aromatic carbocycles. The summed E-state index contributed by atoms with van der Waals surface area (Å²) in [5.74, 6) is 0.649. The highest BCUT2D eigenvalue weighted by Crippen LogP contribution is 2.30. The lowest BCUT2D eigenvalue weighted by molar-refractivity contribution is 0.0988. The standard InChI is InChI=1S/C11H12N2O3/c1-4-15-10-8-6(2)9(7(3)14)16-11(8)13-5-12-10/h5H,4H2,1-3H3. The number of nitrogens with zero attached hydrogens (tertiary/aromatic N) is 2. The van der Waals surface area contributed by atoms with Gasteiger partial charge in [0.15, 0.2) is 11.5 Å². The normalized spacial score (nSPS) is 10.7. The second-order valence-electron chi connectivity index (χ2n) is 3.40. The van der Waals surface area contributed by atoms with Gasteiger partial charge in [-0.15, -0.1) is 0 Å². The molecule has 2 heterocycles. The Hall–Kier alpha value is -1.91. The Morgan fingerprint density at radius 1 is 1.50 bits per heavy atom. The van der Waals surface area contributed by atoms with Crippen LogP contribution in [0.1, 0.15) is 30.0 Å². The number of fused-ring (bicyclic) bond motifs is 1. The molecular formula is C11H12N2O3. The minimum Gasteiger partial charge on any atom is -0.477 e. The average molecular weight is 220 g/mol. The fourth-order valence-corrected chi connectivity index (χ4v) is 1.62. The lowest BCUT2D eigenvalue weighted by atomic mass is 10.2. The van der Waals surface area contributed by atoms with E-state index in [1.54, 1.807) is 6.92 Å². The number of aryl methyl sites for hydroxylation is 1. The molecule has 0 aliphatic carbocycles. The van der Waals surface area contributed by atoms with Crippen molar-refractivity contribution < 1.29 is 13.9 Å². The van der Waals surface area contributed by atoms with Crippen molar-refractivity contribution in [3.8, 4) is 5.88 Å². The second-order valence-corrected chi connectivity index (χ2v) is 3.40. The zero-order valence-corrected chi connectivity index (χ0v) is 9.40. The predicted octanol–water partition coefficient (Wildman–Crippen LogP) is 2.13. The molecule has 0 fully saturated rings. The van der Waals surface area contributed by atoms with Gasteiger partial charge in [-0.3, -0.25) is 4.79 Å². The first kappa shape index (κ1) is 10.6. The minimum atomic E-state index is -0.127. The van der Waals surface area contributed by atoms with Gasteiger partial charge in [0.1, 0.15) is 11.7 Å². The third-order valence-electron chi connectivity index (χ3n) is 2.29. The molecule has 0 N–H and O–H groups in total. The SMILES string of the molecule is CCOc1ncnc2oc(C(C)=O)c(C)c12. The van der Waals surface area contributed by atoms with Gasteiger partial charge in [-0.05, 0) is 13.8 Å². The van der Waals surface area contributed by atoms with Gasteiger partial charge in [0.05, 0.1) is 6.61 Å². The van der Waals surface area contributed by atoms with Crippen molar-refractivity contribution in [3.63, 3.8) is 0 Å². The van der Waals surface area contributed by atoms with Crippen molar-refractivity contribution in [2.45, 2.75) is 20.8 Å². The Morgan fingerprint density at radius 3 is 2.88 bits per heavy atom. The number of ketones is 1. The van der Waals surface area contributed by atoms with Crippen molar-refractivity contribution in [2.75, 3.05) is 6.61 Å². The number of hydrogen-bond acceptors (Lipinski definition) is 5. The highest BCUT2D eigenvalue weighted by atomic mass is 16.5. The number of rotatable bonds is 3. The van der Waals surface area contributed by atoms with E-state index in [1.165, 1.54) is 13.3 Å². The van der Waals surface area contributed by atoms with Gasteiger partial charge in [-0.1, -0.05) is 0 Å². The molecule has 0 atom stereocenters. The van der Waals surface area contributed by atoms with Crippen LogP contribution in [-0.4, -0.2) is 22.4 Å². The quantitative estimate of drug-likeness (QED) is 0.741. The summed E-state index contributed by atoms with van der Waals surface area (Å²) in [7, 11) is 0. The summed E-state index contributed by atoms with van der Waals surface area (Å²) in [6.45, 7) is 5.63. The summed E-state index contributed by atoms with van der Waals surface area (Å²) in [5.41, 5.74) is 1.12. The van der Waals surface area contributed by atoms with Crippen LogP contribution in [0.5, 0.6) is 5.88 Å². The summed E-state index contributed by atoms with van der Waals surface area (Å²) in [4.78, 5) is 19.3. The molecule has 5 heteroatoms. The molecule has 2 aromatic rings. The van der Waals surface area contributed by atoms with E-state index in [2.05, 4.69) is 9.97 Å². The van der Waals surface area contributed by atoms with Crippen LogP contribution in [0.25, 0.3) is 11.1 Å². The first-order valence-electron chi connectivity index (χ1n) is 5.03. The Bertz CT molecular complexity index is 545. The molecule has 16 heavy (non-hydrogen) atoms.